The quantitative estimate of drug-likeness (QED) is 0.741. The molecule has 2 aliphatic rings. The van der Waals surface area contributed by atoms with Crippen LogP contribution in [0.1, 0.15) is 38.7 Å². The minimum absolute atomic E-state index is 0.302. The normalized spacial score (nSPS) is 25.5. The summed E-state index contributed by atoms with van der Waals surface area (Å²) in [6.45, 7) is 12.0. The number of hydrogen-bond donors (Lipinski definition) is 0. The van der Waals surface area contributed by atoms with E-state index in [9.17, 15) is 0 Å². The van der Waals surface area contributed by atoms with Crippen LogP contribution in [0.3, 0.4) is 0 Å². The molecule has 2 fully saturated rings. The number of rotatable bonds is 3. The maximum atomic E-state index is 6.01. The summed E-state index contributed by atoms with van der Waals surface area (Å²) in [6.07, 6.45) is 4.08. The molecule has 1 aromatic rings. The van der Waals surface area contributed by atoms with Crippen molar-refractivity contribution >= 4 is 20.3 Å². The smallest absolute Gasteiger partial charge is 0.0406 e. The first-order valence-electron chi connectivity index (χ1n) is 8.34. The van der Waals surface area contributed by atoms with Crippen molar-refractivity contribution < 1.29 is 0 Å². The van der Waals surface area contributed by atoms with Gasteiger partial charge in [0.15, 0.2) is 0 Å². The van der Waals surface area contributed by atoms with Gasteiger partial charge in [0, 0.05) is 36.7 Å². The summed E-state index contributed by atoms with van der Waals surface area (Å²) in [4.78, 5) is 2.69. The number of benzene rings is 1. The SMILES string of the molecule is CPN1CCC2(CC1)CN(Cc1ccc(Cl)cc1)C(C)(C)C2. The van der Waals surface area contributed by atoms with Crippen LogP contribution in [-0.2, 0) is 6.54 Å². The molecular formula is C18H28ClN2P. The fraction of sp³-hybridized carbons (Fsp3) is 0.667. The lowest BCUT2D eigenvalue weighted by Gasteiger charge is -2.39. The first-order valence-corrected chi connectivity index (χ1v) is 10.2. The van der Waals surface area contributed by atoms with Crippen molar-refractivity contribution in [2.24, 2.45) is 5.41 Å². The van der Waals surface area contributed by atoms with Gasteiger partial charge in [0.25, 0.3) is 0 Å². The van der Waals surface area contributed by atoms with Gasteiger partial charge in [-0.1, -0.05) is 32.5 Å². The molecule has 1 spiro atoms. The Labute approximate surface area is 142 Å². The second-order valence-corrected chi connectivity index (χ2v) is 9.20. The van der Waals surface area contributed by atoms with Gasteiger partial charge in [-0.2, -0.15) is 0 Å². The van der Waals surface area contributed by atoms with E-state index in [2.05, 4.69) is 42.2 Å². The van der Waals surface area contributed by atoms with E-state index >= 15 is 0 Å². The number of hydrogen-bond acceptors (Lipinski definition) is 2. The average Bonchev–Trinajstić information content (AvgIpc) is 2.73. The Morgan fingerprint density at radius 2 is 1.77 bits per heavy atom. The van der Waals surface area contributed by atoms with Crippen LogP contribution in [0.25, 0.3) is 0 Å². The van der Waals surface area contributed by atoms with Crippen molar-refractivity contribution in [3.05, 3.63) is 34.9 Å². The molecule has 1 unspecified atom stereocenters. The highest BCUT2D eigenvalue weighted by molar-refractivity contribution is 7.34. The molecule has 122 valence electrons. The third kappa shape index (κ3) is 3.51. The van der Waals surface area contributed by atoms with E-state index in [1.54, 1.807) is 0 Å². The van der Waals surface area contributed by atoms with E-state index in [0.29, 0.717) is 11.0 Å². The molecule has 1 aromatic carbocycles. The van der Waals surface area contributed by atoms with E-state index in [4.69, 9.17) is 11.6 Å². The molecular weight excluding hydrogens is 311 g/mol. The van der Waals surface area contributed by atoms with E-state index < -0.39 is 0 Å². The standard InChI is InChI=1S/C18H28ClN2P/c1-17(2)13-18(8-10-21(22-3)11-9-18)14-20(17)12-15-4-6-16(19)7-5-15/h4-7,22H,8-14H2,1-3H3. The maximum absolute atomic E-state index is 6.01. The zero-order valence-electron chi connectivity index (χ0n) is 14.0. The van der Waals surface area contributed by atoms with E-state index in [-0.39, 0.29) is 0 Å². The second-order valence-electron chi connectivity index (χ2n) is 7.68. The molecule has 0 saturated carbocycles. The molecule has 0 aromatic heterocycles. The van der Waals surface area contributed by atoms with Crippen LogP contribution >= 0.6 is 20.3 Å². The summed E-state index contributed by atoms with van der Waals surface area (Å²) >= 11 is 6.01. The fourth-order valence-corrected chi connectivity index (χ4v) is 5.12. The van der Waals surface area contributed by atoms with Crippen LogP contribution in [0, 0.1) is 5.41 Å². The zero-order valence-corrected chi connectivity index (χ0v) is 15.8. The van der Waals surface area contributed by atoms with Crippen LogP contribution in [0.2, 0.25) is 5.02 Å². The van der Waals surface area contributed by atoms with Gasteiger partial charge in [0.05, 0.1) is 0 Å². The summed E-state index contributed by atoms with van der Waals surface area (Å²) in [5.41, 5.74) is 2.23. The van der Waals surface area contributed by atoms with Crippen molar-refractivity contribution in [2.45, 2.75) is 45.2 Å². The molecule has 0 amide bonds. The van der Waals surface area contributed by atoms with E-state index in [1.165, 1.54) is 44.5 Å². The Kier molecular flexibility index (Phi) is 4.86. The third-order valence-electron chi connectivity index (χ3n) is 5.62. The third-order valence-corrected chi connectivity index (χ3v) is 6.95. The second kappa shape index (κ2) is 6.40. The van der Waals surface area contributed by atoms with Gasteiger partial charge in [-0.25, -0.2) is 0 Å². The van der Waals surface area contributed by atoms with Gasteiger partial charge < -0.3 is 0 Å². The molecule has 1 atom stereocenters. The van der Waals surface area contributed by atoms with Crippen molar-refractivity contribution in [3.8, 4) is 0 Å². The van der Waals surface area contributed by atoms with Gasteiger partial charge in [-0.05, 0) is 62.9 Å². The molecule has 2 nitrogen and oxygen atoms in total. The minimum Gasteiger partial charge on any atom is -0.293 e. The summed E-state index contributed by atoms with van der Waals surface area (Å²) in [6, 6.07) is 8.36. The highest BCUT2D eigenvalue weighted by atomic mass is 35.5. The van der Waals surface area contributed by atoms with Crippen LogP contribution in [0.4, 0.5) is 0 Å². The Balaban J connectivity index is 1.69. The monoisotopic (exact) mass is 338 g/mol. The molecule has 2 aliphatic heterocycles. The predicted molar refractivity (Wildman–Crippen MR) is 98.0 cm³/mol. The lowest BCUT2D eigenvalue weighted by atomic mass is 9.75. The van der Waals surface area contributed by atoms with Crippen LogP contribution in [-0.4, -0.2) is 41.4 Å². The van der Waals surface area contributed by atoms with Crippen molar-refractivity contribution in [2.75, 3.05) is 26.3 Å². The Morgan fingerprint density at radius 1 is 1.14 bits per heavy atom. The van der Waals surface area contributed by atoms with E-state index in [1.807, 2.05) is 12.1 Å². The lowest BCUT2D eigenvalue weighted by molar-refractivity contribution is 0.148. The van der Waals surface area contributed by atoms with E-state index in [0.717, 1.165) is 20.3 Å². The predicted octanol–water partition coefficient (Wildman–Crippen LogP) is 4.63. The molecule has 0 bridgehead atoms. The van der Waals surface area contributed by atoms with Crippen LogP contribution in [0.15, 0.2) is 24.3 Å². The number of piperidine rings is 1. The first kappa shape index (κ1) is 16.7. The summed E-state index contributed by atoms with van der Waals surface area (Å²) < 4.78 is 2.63. The highest BCUT2D eigenvalue weighted by Crippen LogP contribution is 2.49. The van der Waals surface area contributed by atoms with Crippen molar-refractivity contribution in [1.29, 1.82) is 0 Å². The van der Waals surface area contributed by atoms with Gasteiger partial charge >= 0.3 is 0 Å². The largest absolute Gasteiger partial charge is 0.293 e. The first-order chi connectivity index (χ1) is 10.4. The van der Waals surface area contributed by atoms with Gasteiger partial charge in [-0.3, -0.25) is 9.57 Å². The van der Waals surface area contributed by atoms with Gasteiger partial charge in [0.1, 0.15) is 0 Å². The fourth-order valence-electron chi connectivity index (χ4n) is 4.32. The van der Waals surface area contributed by atoms with Crippen molar-refractivity contribution in [3.63, 3.8) is 0 Å². The molecule has 2 saturated heterocycles. The van der Waals surface area contributed by atoms with Gasteiger partial charge in [-0.15, -0.1) is 0 Å². The lowest BCUT2D eigenvalue weighted by Crippen LogP contribution is -2.38. The topological polar surface area (TPSA) is 6.48 Å². The van der Waals surface area contributed by atoms with Gasteiger partial charge in [0.2, 0.25) is 0 Å². The number of likely N-dealkylation sites (tertiary alicyclic amines) is 1. The zero-order chi connectivity index (χ0) is 15.8. The van der Waals surface area contributed by atoms with Crippen LogP contribution in [0.5, 0.6) is 0 Å². The molecule has 22 heavy (non-hydrogen) atoms. The summed E-state index contributed by atoms with van der Waals surface area (Å²) in [5, 5.41) is 0.827. The maximum Gasteiger partial charge on any atom is 0.0406 e. The molecule has 0 radical (unpaired) electrons. The number of nitrogens with zero attached hydrogens (tertiary/aromatic N) is 2. The summed E-state index contributed by atoms with van der Waals surface area (Å²) in [7, 11) is 0.970. The van der Waals surface area contributed by atoms with Crippen molar-refractivity contribution in [1.82, 2.24) is 9.57 Å². The highest BCUT2D eigenvalue weighted by Gasteiger charge is 2.48. The molecule has 4 heteroatoms. The minimum atomic E-state index is 0.302. The van der Waals surface area contributed by atoms with Crippen LogP contribution < -0.4 is 0 Å². The Morgan fingerprint density at radius 3 is 2.36 bits per heavy atom. The molecule has 0 N–H and O–H groups in total. The molecule has 3 rings (SSSR count). The Hall–Kier alpha value is -0.140. The Bertz CT molecular complexity index is 506. The summed E-state index contributed by atoms with van der Waals surface area (Å²) in [5.74, 6) is 0. The molecule has 0 aliphatic carbocycles. The number of halogens is 1. The molecule has 2 heterocycles. The average molecular weight is 339 g/mol.